The Morgan fingerprint density at radius 1 is 1.26 bits per heavy atom. The molecular formula is C10H7Cl2N5O2. The van der Waals surface area contributed by atoms with Crippen molar-refractivity contribution < 1.29 is 4.92 Å². The number of nitrogens with zero attached hydrogens (tertiary/aromatic N) is 3. The van der Waals surface area contributed by atoms with E-state index in [1.54, 1.807) is 12.1 Å². The third-order valence-corrected chi connectivity index (χ3v) is 2.55. The molecule has 2 aromatic rings. The summed E-state index contributed by atoms with van der Waals surface area (Å²) in [5.41, 5.74) is 5.56. The Hall–Kier alpha value is -2.12. The Morgan fingerprint density at radius 3 is 2.47 bits per heavy atom. The van der Waals surface area contributed by atoms with Crippen LogP contribution in [-0.4, -0.2) is 14.9 Å². The number of hydrogen-bond acceptors (Lipinski definition) is 6. The summed E-state index contributed by atoms with van der Waals surface area (Å²) < 4.78 is 0. The molecule has 3 N–H and O–H groups in total. The van der Waals surface area contributed by atoms with E-state index in [2.05, 4.69) is 15.3 Å². The Labute approximate surface area is 117 Å². The van der Waals surface area contributed by atoms with Crippen molar-refractivity contribution in [3.05, 3.63) is 44.6 Å². The molecule has 1 heterocycles. The van der Waals surface area contributed by atoms with Crippen molar-refractivity contribution in [3.8, 4) is 0 Å². The molecule has 0 aliphatic heterocycles. The van der Waals surface area contributed by atoms with Crippen LogP contribution in [0.3, 0.4) is 0 Å². The highest BCUT2D eigenvalue weighted by Gasteiger charge is 2.17. The van der Waals surface area contributed by atoms with E-state index in [4.69, 9.17) is 28.9 Å². The van der Waals surface area contributed by atoms with Gasteiger partial charge in [-0.2, -0.15) is 4.98 Å². The minimum Gasteiger partial charge on any atom is -0.368 e. The van der Waals surface area contributed by atoms with Crippen molar-refractivity contribution >= 4 is 46.3 Å². The molecule has 0 aliphatic carbocycles. The molecule has 0 radical (unpaired) electrons. The Kier molecular flexibility index (Phi) is 3.68. The van der Waals surface area contributed by atoms with Crippen molar-refractivity contribution in [2.24, 2.45) is 0 Å². The fourth-order valence-corrected chi connectivity index (χ4v) is 1.90. The highest BCUT2D eigenvalue weighted by Crippen LogP contribution is 2.28. The van der Waals surface area contributed by atoms with E-state index in [1.165, 1.54) is 6.07 Å². The highest BCUT2D eigenvalue weighted by molar-refractivity contribution is 6.35. The monoisotopic (exact) mass is 299 g/mol. The second kappa shape index (κ2) is 5.25. The summed E-state index contributed by atoms with van der Waals surface area (Å²) in [5.74, 6) is -0.114. The number of nitrogens with two attached hydrogens (primary N) is 1. The van der Waals surface area contributed by atoms with Crippen LogP contribution in [0.15, 0.2) is 24.4 Å². The summed E-state index contributed by atoms with van der Waals surface area (Å²) in [6.07, 6.45) is 1.02. The van der Waals surface area contributed by atoms with Crippen molar-refractivity contribution in [3.63, 3.8) is 0 Å². The average molecular weight is 300 g/mol. The van der Waals surface area contributed by atoms with Crippen LogP contribution in [0.25, 0.3) is 0 Å². The molecule has 0 saturated carbocycles. The number of benzene rings is 1. The Bertz CT molecular complexity index is 630. The van der Waals surface area contributed by atoms with Crippen molar-refractivity contribution in [1.29, 1.82) is 0 Å². The van der Waals surface area contributed by atoms with E-state index in [0.29, 0.717) is 15.7 Å². The molecule has 0 atom stereocenters. The van der Waals surface area contributed by atoms with Crippen LogP contribution in [0.4, 0.5) is 23.1 Å². The van der Waals surface area contributed by atoms with Crippen LogP contribution in [0.2, 0.25) is 10.0 Å². The number of anilines is 3. The van der Waals surface area contributed by atoms with Crippen LogP contribution in [0.5, 0.6) is 0 Å². The van der Waals surface area contributed by atoms with Gasteiger partial charge < -0.3 is 11.1 Å². The van der Waals surface area contributed by atoms with Gasteiger partial charge in [0.1, 0.15) is 6.20 Å². The number of aromatic nitrogens is 2. The summed E-state index contributed by atoms with van der Waals surface area (Å²) in [4.78, 5) is 17.6. The minimum absolute atomic E-state index is 0.0316. The van der Waals surface area contributed by atoms with E-state index < -0.39 is 4.92 Å². The van der Waals surface area contributed by atoms with Crippen molar-refractivity contribution in [2.75, 3.05) is 11.1 Å². The fourth-order valence-electron chi connectivity index (χ4n) is 1.38. The zero-order valence-electron chi connectivity index (χ0n) is 9.30. The topological polar surface area (TPSA) is 107 Å². The lowest BCUT2D eigenvalue weighted by Gasteiger charge is -2.07. The van der Waals surface area contributed by atoms with Gasteiger partial charge in [-0.3, -0.25) is 10.1 Å². The Balaban J connectivity index is 2.42. The summed E-state index contributed by atoms with van der Waals surface area (Å²) in [6.45, 7) is 0. The molecule has 1 aromatic heterocycles. The minimum atomic E-state index is -0.617. The quantitative estimate of drug-likeness (QED) is 0.666. The van der Waals surface area contributed by atoms with Crippen LogP contribution in [0.1, 0.15) is 0 Å². The lowest BCUT2D eigenvalue weighted by Crippen LogP contribution is -2.04. The summed E-state index contributed by atoms with van der Waals surface area (Å²) >= 11 is 11.7. The zero-order valence-corrected chi connectivity index (χ0v) is 10.8. The summed E-state index contributed by atoms with van der Waals surface area (Å²) in [7, 11) is 0. The predicted molar refractivity (Wildman–Crippen MR) is 72.8 cm³/mol. The second-order valence-corrected chi connectivity index (χ2v) is 4.38. The summed E-state index contributed by atoms with van der Waals surface area (Å²) in [6, 6.07) is 4.64. The van der Waals surface area contributed by atoms with Crippen molar-refractivity contribution in [2.45, 2.75) is 0 Å². The van der Waals surface area contributed by atoms with E-state index in [1.807, 2.05) is 0 Å². The van der Waals surface area contributed by atoms with Gasteiger partial charge in [-0.05, 0) is 18.2 Å². The molecular weight excluding hydrogens is 293 g/mol. The molecule has 2 rings (SSSR count). The van der Waals surface area contributed by atoms with Gasteiger partial charge in [-0.1, -0.05) is 23.2 Å². The number of rotatable bonds is 3. The molecule has 0 unspecified atom stereocenters. The van der Waals surface area contributed by atoms with Gasteiger partial charge >= 0.3 is 5.69 Å². The first-order chi connectivity index (χ1) is 8.95. The average Bonchev–Trinajstić information content (AvgIpc) is 2.26. The second-order valence-electron chi connectivity index (χ2n) is 3.50. The highest BCUT2D eigenvalue weighted by atomic mass is 35.5. The van der Waals surface area contributed by atoms with Gasteiger partial charge in [0.25, 0.3) is 0 Å². The van der Waals surface area contributed by atoms with E-state index in [0.717, 1.165) is 6.20 Å². The fraction of sp³-hybridized carbons (Fsp3) is 0. The standard InChI is InChI=1S/C10H7Cl2N5O2/c11-5-1-6(12)3-7(2-5)15-9-8(17(18)19)4-14-10(13)16-9/h1-4H,(H3,13,14,15,16). The zero-order chi connectivity index (χ0) is 14.0. The van der Waals surface area contributed by atoms with E-state index in [-0.39, 0.29) is 17.5 Å². The van der Waals surface area contributed by atoms with E-state index >= 15 is 0 Å². The van der Waals surface area contributed by atoms with Gasteiger partial charge in [-0.15, -0.1) is 0 Å². The van der Waals surface area contributed by atoms with Crippen LogP contribution in [0, 0.1) is 10.1 Å². The molecule has 0 amide bonds. The summed E-state index contributed by atoms with van der Waals surface area (Å²) in [5, 5.41) is 14.4. The molecule has 98 valence electrons. The lowest BCUT2D eigenvalue weighted by molar-refractivity contribution is -0.384. The first-order valence-electron chi connectivity index (χ1n) is 4.96. The molecule has 0 aliphatic rings. The smallest absolute Gasteiger partial charge is 0.329 e. The van der Waals surface area contributed by atoms with Crippen LogP contribution in [-0.2, 0) is 0 Å². The first kappa shape index (κ1) is 13.3. The van der Waals surface area contributed by atoms with E-state index in [9.17, 15) is 10.1 Å². The third kappa shape index (κ3) is 3.21. The first-order valence-corrected chi connectivity index (χ1v) is 5.71. The number of nitrogens with one attached hydrogen (secondary N) is 1. The maximum Gasteiger partial charge on any atom is 0.329 e. The largest absolute Gasteiger partial charge is 0.368 e. The molecule has 0 spiro atoms. The molecule has 0 fully saturated rings. The molecule has 0 saturated heterocycles. The lowest BCUT2D eigenvalue weighted by atomic mass is 10.3. The predicted octanol–water partition coefficient (Wildman–Crippen LogP) is 3.02. The van der Waals surface area contributed by atoms with Crippen LogP contribution >= 0.6 is 23.2 Å². The van der Waals surface area contributed by atoms with Gasteiger partial charge in [0, 0.05) is 15.7 Å². The van der Waals surface area contributed by atoms with Gasteiger partial charge in [0.15, 0.2) is 0 Å². The molecule has 1 aromatic carbocycles. The molecule has 0 bridgehead atoms. The molecule has 7 nitrogen and oxygen atoms in total. The SMILES string of the molecule is Nc1ncc([N+](=O)[O-])c(Nc2cc(Cl)cc(Cl)c2)n1. The number of nitro groups is 1. The number of hydrogen-bond donors (Lipinski definition) is 2. The van der Waals surface area contributed by atoms with Crippen molar-refractivity contribution in [1.82, 2.24) is 9.97 Å². The maximum absolute atomic E-state index is 10.8. The third-order valence-electron chi connectivity index (χ3n) is 2.11. The number of halogens is 2. The van der Waals surface area contributed by atoms with Gasteiger partial charge in [0.2, 0.25) is 11.8 Å². The molecule has 19 heavy (non-hydrogen) atoms. The number of nitrogen functional groups attached to an aromatic ring is 1. The maximum atomic E-state index is 10.8. The van der Waals surface area contributed by atoms with Gasteiger partial charge in [0.05, 0.1) is 4.92 Å². The molecule has 9 heteroatoms. The van der Waals surface area contributed by atoms with Gasteiger partial charge in [-0.25, -0.2) is 4.98 Å². The normalized spacial score (nSPS) is 10.2. The Morgan fingerprint density at radius 2 is 1.89 bits per heavy atom. The van der Waals surface area contributed by atoms with Crippen LogP contribution < -0.4 is 11.1 Å².